The topological polar surface area (TPSA) is 79.4 Å². The summed E-state index contributed by atoms with van der Waals surface area (Å²) in [4.78, 5) is 3.89. The van der Waals surface area contributed by atoms with Gasteiger partial charge in [0.2, 0.25) is 0 Å². The highest BCUT2D eigenvalue weighted by Crippen LogP contribution is 2.16. The van der Waals surface area contributed by atoms with Crippen LogP contribution in [0.2, 0.25) is 0 Å². The molecule has 1 aromatic rings. The van der Waals surface area contributed by atoms with Crippen molar-refractivity contribution >= 4 is 0 Å². The minimum absolute atomic E-state index is 0.0903. The third-order valence-corrected chi connectivity index (χ3v) is 1.66. The van der Waals surface area contributed by atoms with Gasteiger partial charge in [0.15, 0.2) is 0 Å². The second-order valence-corrected chi connectivity index (χ2v) is 2.98. The average molecular weight is 168 g/mol. The van der Waals surface area contributed by atoms with Crippen molar-refractivity contribution in [2.24, 2.45) is 5.73 Å². The number of nitrogens with two attached hydrogens (primary N) is 1. The number of aliphatic hydroxyl groups is 1. The zero-order valence-electron chi connectivity index (χ0n) is 6.86. The minimum Gasteiger partial charge on any atom is -0.506 e. The normalized spacial score (nSPS) is 15.6. The quantitative estimate of drug-likeness (QED) is 0.578. The summed E-state index contributed by atoms with van der Waals surface area (Å²) in [6.45, 7) is 1.50. The summed E-state index contributed by atoms with van der Waals surface area (Å²) < 4.78 is 0. The summed E-state index contributed by atoms with van der Waals surface area (Å²) in [6, 6.07) is 3.08. The molecule has 0 saturated heterocycles. The van der Waals surface area contributed by atoms with E-state index in [0.717, 1.165) is 0 Å². The van der Waals surface area contributed by atoms with E-state index in [1.807, 2.05) is 0 Å². The molecule has 0 aliphatic rings. The van der Waals surface area contributed by atoms with Crippen molar-refractivity contribution in [2.45, 2.75) is 12.5 Å². The molecule has 1 aromatic heterocycles. The Morgan fingerprint density at radius 1 is 1.58 bits per heavy atom. The molecule has 4 heteroatoms. The molecule has 4 nitrogen and oxygen atoms in total. The summed E-state index contributed by atoms with van der Waals surface area (Å²) in [7, 11) is 0. The molecule has 0 aromatic carbocycles. The van der Waals surface area contributed by atoms with Gasteiger partial charge < -0.3 is 15.9 Å². The second kappa shape index (κ2) is 3.08. The monoisotopic (exact) mass is 168 g/mol. The first-order valence-corrected chi connectivity index (χ1v) is 3.61. The molecule has 1 unspecified atom stereocenters. The fourth-order valence-electron chi connectivity index (χ4n) is 0.805. The molecule has 0 aliphatic carbocycles. The molecule has 1 atom stereocenters. The van der Waals surface area contributed by atoms with Crippen molar-refractivity contribution < 1.29 is 10.2 Å². The lowest BCUT2D eigenvalue weighted by atomic mass is 10.0. The van der Waals surface area contributed by atoms with Crippen molar-refractivity contribution in [2.75, 3.05) is 6.61 Å². The Morgan fingerprint density at radius 2 is 2.25 bits per heavy atom. The van der Waals surface area contributed by atoms with E-state index in [2.05, 4.69) is 4.98 Å². The van der Waals surface area contributed by atoms with Gasteiger partial charge in [-0.2, -0.15) is 0 Å². The van der Waals surface area contributed by atoms with E-state index in [-0.39, 0.29) is 12.4 Å². The molecular weight excluding hydrogens is 156 g/mol. The van der Waals surface area contributed by atoms with Crippen LogP contribution in [0.1, 0.15) is 12.6 Å². The van der Waals surface area contributed by atoms with Crippen LogP contribution in [-0.4, -0.2) is 21.8 Å². The molecule has 0 aliphatic heterocycles. The summed E-state index contributed by atoms with van der Waals surface area (Å²) >= 11 is 0. The Bertz CT molecular complexity index is 256. The number of aromatic hydroxyl groups is 1. The molecule has 0 fully saturated rings. The third kappa shape index (κ3) is 1.72. The zero-order valence-corrected chi connectivity index (χ0v) is 6.86. The first-order valence-electron chi connectivity index (χ1n) is 3.61. The van der Waals surface area contributed by atoms with Crippen LogP contribution in [0.15, 0.2) is 18.3 Å². The van der Waals surface area contributed by atoms with E-state index >= 15 is 0 Å². The van der Waals surface area contributed by atoms with Crippen LogP contribution in [0.4, 0.5) is 0 Å². The van der Waals surface area contributed by atoms with E-state index in [1.165, 1.54) is 12.3 Å². The van der Waals surface area contributed by atoms with Crippen LogP contribution in [0.5, 0.6) is 5.75 Å². The summed E-state index contributed by atoms with van der Waals surface area (Å²) in [5.41, 5.74) is 5.41. The Kier molecular flexibility index (Phi) is 2.30. The molecule has 1 heterocycles. The van der Waals surface area contributed by atoms with Gasteiger partial charge in [-0.1, -0.05) is 0 Å². The van der Waals surface area contributed by atoms with E-state index in [1.54, 1.807) is 13.0 Å². The molecule has 12 heavy (non-hydrogen) atoms. The van der Waals surface area contributed by atoms with Gasteiger partial charge in [0.25, 0.3) is 0 Å². The largest absolute Gasteiger partial charge is 0.506 e. The van der Waals surface area contributed by atoms with Crippen LogP contribution >= 0.6 is 0 Å². The van der Waals surface area contributed by atoms with Crippen molar-refractivity contribution in [1.82, 2.24) is 4.98 Å². The number of rotatable bonds is 2. The van der Waals surface area contributed by atoms with Gasteiger partial charge in [-0.05, 0) is 19.1 Å². The molecule has 0 saturated carbocycles. The Balaban J connectivity index is 2.96. The number of hydrogen-bond donors (Lipinski definition) is 3. The first-order chi connectivity index (χ1) is 5.56. The summed E-state index contributed by atoms with van der Waals surface area (Å²) in [5, 5.41) is 17.8. The summed E-state index contributed by atoms with van der Waals surface area (Å²) in [5.74, 6) is 0.0903. The lowest BCUT2D eigenvalue weighted by Crippen LogP contribution is -2.37. The lowest BCUT2D eigenvalue weighted by Gasteiger charge is -2.20. The van der Waals surface area contributed by atoms with Gasteiger partial charge in [0, 0.05) is 0 Å². The Hall–Kier alpha value is -1.13. The molecule has 1 rings (SSSR count). The van der Waals surface area contributed by atoms with Gasteiger partial charge >= 0.3 is 0 Å². The summed E-state index contributed by atoms with van der Waals surface area (Å²) in [6.07, 6.45) is 1.30. The highest BCUT2D eigenvalue weighted by atomic mass is 16.3. The average Bonchev–Trinajstić information content (AvgIpc) is 2.05. The van der Waals surface area contributed by atoms with E-state index in [9.17, 15) is 0 Å². The smallest absolute Gasteiger partial charge is 0.133 e. The molecular formula is C8H12N2O2. The van der Waals surface area contributed by atoms with Crippen LogP contribution < -0.4 is 5.73 Å². The van der Waals surface area contributed by atoms with Crippen molar-refractivity contribution in [3.8, 4) is 5.75 Å². The molecule has 66 valence electrons. The highest BCUT2D eigenvalue weighted by Gasteiger charge is 2.20. The van der Waals surface area contributed by atoms with Crippen LogP contribution in [-0.2, 0) is 5.54 Å². The number of nitrogens with zero attached hydrogens (tertiary/aromatic N) is 1. The molecule has 4 N–H and O–H groups in total. The van der Waals surface area contributed by atoms with Gasteiger partial charge in [0.05, 0.1) is 24.0 Å². The van der Waals surface area contributed by atoms with Crippen molar-refractivity contribution in [3.05, 3.63) is 24.0 Å². The number of aliphatic hydroxyl groups excluding tert-OH is 1. The number of pyridine rings is 1. The van der Waals surface area contributed by atoms with Crippen LogP contribution in [0.25, 0.3) is 0 Å². The minimum atomic E-state index is -0.840. The zero-order chi connectivity index (χ0) is 9.19. The predicted octanol–water partition coefficient (Wildman–Crippen LogP) is -0.0466. The SMILES string of the molecule is CC(N)(CO)c1ccc(O)cn1. The third-order valence-electron chi connectivity index (χ3n) is 1.66. The van der Waals surface area contributed by atoms with Crippen molar-refractivity contribution in [1.29, 1.82) is 0 Å². The van der Waals surface area contributed by atoms with E-state index in [0.29, 0.717) is 5.69 Å². The maximum atomic E-state index is 8.93. The van der Waals surface area contributed by atoms with Gasteiger partial charge in [-0.3, -0.25) is 4.98 Å². The Labute approximate surface area is 70.7 Å². The van der Waals surface area contributed by atoms with E-state index < -0.39 is 5.54 Å². The number of hydrogen-bond acceptors (Lipinski definition) is 4. The fraction of sp³-hybridized carbons (Fsp3) is 0.375. The predicted molar refractivity (Wildman–Crippen MR) is 44.5 cm³/mol. The maximum absolute atomic E-state index is 8.93. The van der Waals surface area contributed by atoms with Gasteiger partial charge in [0.1, 0.15) is 5.75 Å². The van der Waals surface area contributed by atoms with E-state index in [4.69, 9.17) is 15.9 Å². The first kappa shape index (κ1) is 8.96. The Morgan fingerprint density at radius 3 is 2.67 bits per heavy atom. The van der Waals surface area contributed by atoms with Gasteiger partial charge in [-0.25, -0.2) is 0 Å². The highest BCUT2D eigenvalue weighted by molar-refractivity contribution is 5.22. The lowest BCUT2D eigenvalue weighted by molar-refractivity contribution is 0.206. The fourth-order valence-corrected chi connectivity index (χ4v) is 0.805. The molecule has 0 bridgehead atoms. The molecule has 0 spiro atoms. The van der Waals surface area contributed by atoms with Crippen LogP contribution in [0.3, 0.4) is 0 Å². The van der Waals surface area contributed by atoms with Gasteiger partial charge in [-0.15, -0.1) is 0 Å². The molecule has 0 radical (unpaired) electrons. The molecule has 0 amide bonds. The van der Waals surface area contributed by atoms with Crippen LogP contribution in [0, 0.1) is 0 Å². The number of aromatic nitrogens is 1. The maximum Gasteiger partial charge on any atom is 0.133 e. The standard InChI is InChI=1S/C8H12N2O2/c1-8(9,5-11)7-3-2-6(12)4-10-7/h2-4,11-12H,5,9H2,1H3. The van der Waals surface area contributed by atoms with Crippen molar-refractivity contribution in [3.63, 3.8) is 0 Å². The second-order valence-electron chi connectivity index (χ2n) is 2.98.